The van der Waals surface area contributed by atoms with Crippen molar-refractivity contribution in [3.05, 3.63) is 23.3 Å². The smallest absolute Gasteiger partial charge is 0.323 e. The largest absolute Gasteiger partial charge is 0.493 e. The molecular weight excluding hydrogens is 331 g/mol. The van der Waals surface area contributed by atoms with Crippen molar-refractivity contribution in [1.29, 1.82) is 0 Å². The van der Waals surface area contributed by atoms with E-state index in [4.69, 9.17) is 15.2 Å². The first-order valence-electron chi connectivity index (χ1n) is 9.42. The third-order valence-corrected chi connectivity index (χ3v) is 5.32. The summed E-state index contributed by atoms with van der Waals surface area (Å²) in [5.74, 6) is 0.589. The number of benzene rings is 1. The Morgan fingerprint density at radius 3 is 2.46 bits per heavy atom. The van der Waals surface area contributed by atoms with Crippen LogP contribution in [0.4, 0.5) is 0 Å². The first-order chi connectivity index (χ1) is 12.4. The Morgan fingerprint density at radius 2 is 1.88 bits per heavy atom. The summed E-state index contributed by atoms with van der Waals surface area (Å²) in [6, 6.07) is 4.06. The zero-order valence-corrected chi connectivity index (χ0v) is 16.2. The van der Waals surface area contributed by atoms with E-state index in [-0.39, 0.29) is 0 Å². The van der Waals surface area contributed by atoms with Crippen molar-refractivity contribution in [3.8, 4) is 11.5 Å². The quantitative estimate of drug-likeness (QED) is 0.484. The van der Waals surface area contributed by atoms with E-state index in [1.807, 2.05) is 12.1 Å². The van der Waals surface area contributed by atoms with Crippen LogP contribution in [-0.4, -0.2) is 56.7 Å². The van der Waals surface area contributed by atoms with Crippen LogP contribution in [0.25, 0.3) is 0 Å². The minimum Gasteiger partial charge on any atom is -0.493 e. The maximum atomic E-state index is 11.7. The second-order valence-corrected chi connectivity index (χ2v) is 7.17. The average molecular weight is 362 g/mol. The lowest BCUT2D eigenvalue weighted by Crippen LogP contribution is -2.50. The van der Waals surface area contributed by atoms with Gasteiger partial charge in [0, 0.05) is 19.6 Å². The second kappa shape index (κ2) is 9.28. The molecule has 0 saturated carbocycles. The molecule has 1 heterocycles. The first kappa shape index (κ1) is 20.6. The van der Waals surface area contributed by atoms with Crippen LogP contribution in [0.5, 0.6) is 11.5 Å². The second-order valence-electron chi connectivity index (χ2n) is 7.17. The molecule has 26 heavy (non-hydrogen) atoms. The molecule has 1 aliphatic rings. The molecule has 0 aromatic heterocycles. The van der Waals surface area contributed by atoms with Gasteiger partial charge >= 0.3 is 5.97 Å². The highest BCUT2D eigenvalue weighted by molar-refractivity contribution is 6.08. The Bertz CT molecular complexity index is 626. The molecular formula is C19H31BN2O4. The Labute approximate surface area is 157 Å². The number of nitrogens with two attached hydrogens (primary N) is 1. The van der Waals surface area contributed by atoms with Crippen LogP contribution in [-0.2, 0) is 17.8 Å². The highest BCUT2D eigenvalue weighted by Gasteiger charge is 2.34. The van der Waals surface area contributed by atoms with Gasteiger partial charge in [-0.05, 0) is 42.5 Å². The molecule has 1 unspecified atom stereocenters. The average Bonchev–Trinajstić information content (AvgIpc) is 2.65. The first-order valence-corrected chi connectivity index (χ1v) is 9.42. The van der Waals surface area contributed by atoms with Gasteiger partial charge in [-0.25, -0.2) is 0 Å². The van der Waals surface area contributed by atoms with Crippen molar-refractivity contribution in [2.45, 2.75) is 50.5 Å². The molecule has 144 valence electrons. The van der Waals surface area contributed by atoms with E-state index in [2.05, 4.69) is 12.7 Å². The van der Waals surface area contributed by atoms with Crippen molar-refractivity contribution < 1.29 is 19.4 Å². The topological polar surface area (TPSA) is 85.0 Å². The van der Waals surface area contributed by atoms with Crippen LogP contribution in [0.2, 0.25) is 6.32 Å². The van der Waals surface area contributed by atoms with E-state index in [1.54, 1.807) is 14.2 Å². The zero-order valence-electron chi connectivity index (χ0n) is 16.2. The standard InChI is InChI=1S/C19H31BN2O4/c1-25-16-11-14-5-9-22(13-15(14)12-17(16)26-2)10-7-19(21,18(23)24)6-3-4-8-20/h11-12H,3-10,13,20-21H2,1-2H3,(H,23,24). The van der Waals surface area contributed by atoms with E-state index < -0.39 is 11.5 Å². The van der Waals surface area contributed by atoms with Gasteiger partial charge in [0.1, 0.15) is 13.4 Å². The summed E-state index contributed by atoms with van der Waals surface area (Å²) in [6.07, 6.45) is 4.85. The molecule has 0 aliphatic carbocycles. The summed E-state index contributed by atoms with van der Waals surface area (Å²) in [7, 11) is 5.38. The van der Waals surface area contributed by atoms with Crippen molar-refractivity contribution in [2.24, 2.45) is 5.73 Å². The molecule has 3 N–H and O–H groups in total. The number of rotatable bonds is 10. The zero-order chi connectivity index (χ0) is 19.2. The van der Waals surface area contributed by atoms with Crippen LogP contribution in [0.3, 0.4) is 0 Å². The van der Waals surface area contributed by atoms with E-state index in [9.17, 15) is 9.90 Å². The molecule has 7 heteroatoms. The van der Waals surface area contributed by atoms with Gasteiger partial charge in [0.2, 0.25) is 0 Å². The van der Waals surface area contributed by atoms with Crippen LogP contribution in [0, 0.1) is 0 Å². The predicted molar refractivity (Wildman–Crippen MR) is 105 cm³/mol. The molecule has 0 spiro atoms. The molecule has 0 saturated heterocycles. The van der Waals surface area contributed by atoms with Gasteiger partial charge in [-0.3, -0.25) is 9.69 Å². The minimum atomic E-state index is -1.13. The molecule has 1 aromatic carbocycles. The Morgan fingerprint density at radius 1 is 1.23 bits per heavy atom. The third-order valence-electron chi connectivity index (χ3n) is 5.32. The van der Waals surface area contributed by atoms with Crippen molar-refractivity contribution in [3.63, 3.8) is 0 Å². The predicted octanol–water partition coefficient (Wildman–Crippen LogP) is 1.46. The Balaban J connectivity index is 2.00. The lowest BCUT2D eigenvalue weighted by molar-refractivity contribution is -0.144. The Kier molecular flexibility index (Phi) is 7.35. The molecule has 0 amide bonds. The summed E-state index contributed by atoms with van der Waals surface area (Å²) in [4.78, 5) is 13.9. The highest BCUT2D eigenvalue weighted by Crippen LogP contribution is 2.33. The third kappa shape index (κ3) is 4.92. The highest BCUT2D eigenvalue weighted by atomic mass is 16.5. The summed E-state index contributed by atoms with van der Waals surface area (Å²) >= 11 is 0. The number of fused-ring (bicyclic) bond motifs is 1. The van der Waals surface area contributed by atoms with E-state index >= 15 is 0 Å². The van der Waals surface area contributed by atoms with Crippen molar-refractivity contribution in [2.75, 3.05) is 27.3 Å². The van der Waals surface area contributed by atoms with Gasteiger partial charge in [0.15, 0.2) is 11.5 Å². The number of nitrogens with zero attached hydrogens (tertiary/aromatic N) is 1. The molecule has 0 fully saturated rings. The van der Waals surface area contributed by atoms with E-state index in [1.165, 1.54) is 11.1 Å². The molecule has 6 nitrogen and oxygen atoms in total. The molecule has 1 aromatic rings. The van der Waals surface area contributed by atoms with E-state index in [0.717, 1.165) is 50.2 Å². The fourth-order valence-electron chi connectivity index (χ4n) is 3.52. The fraction of sp³-hybridized carbons (Fsp3) is 0.632. The van der Waals surface area contributed by atoms with Gasteiger partial charge in [0.25, 0.3) is 0 Å². The van der Waals surface area contributed by atoms with Crippen LogP contribution >= 0.6 is 0 Å². The van der Waals surface area contributed by atoms with Gasteiger partial charge in [0.05, 0.1) is 14.2 Å². The fourth-order valence-corrected chi connectivity index (χ4v) is 3.52. The monoisotopic (exact) mass is 362 g/mol. The molecule has 0 bridgehead atoms. The number of carboxylic acid groups (broad SMARTS) is 1. The summed E-state index contributed by atoms with van der Waals surface area (Å²) < 4.78 is 10.8. The number of carbonyl (C=O) groups is 1. The number of aliphatic carboxylic acids is 1. The molecule has 0 radical (unpaired) electrons. The molecule has 1 aliphatic heterocycles. The molecule has 1 atom stereocenters. The van der Waals surface area contributed by atoms with Crippen molar-refractivity contribution in [1.82, 2.24) is 4.90 Å². The van der Waals surface area contributed by atoms with Gasteiger partial charge in [-0.2, -0.15) is 0 Å². The summed E-state index contributed by atoms with van der Waals surface area (Å²) in [5, 5.41) is 9.57. The van der Waals surface area contributed by atoms with Crippen LogP contribution in [0.1, 0.15) is 36.8 Å². The lowest BCUT2D eigenvalue weighted by Gasteiger charge is -2.32. The Hall–Kier alpha value is -1.73. The van der Waals surface area contributed by atoms with Gasteiger partial charge < -0.3 is 20.3 Å². The number of carboxylic acids is 1. The minimum absolute atomic E-state index is 0.467. The van der Waals surface area contributed by atoms with Gasteiger partial charge in [-0.15, -0.1) is 0 Å². The summed E-state index contributed by atoms with van der Waals surface area (Å²) in [6.45, 7) is 2.36. The number of ether oxygens (including phenoxy) is 2. The normalized spacial score (nSPS) is 16.6. The summed E-state index contributed by atoms with van der Waals surface area (Å²) in [5.41, 5.74) is 7.55. The van der Waals surface area contributed by atoms with Crippen molar-refractivity contribution >= 4 is 13.8 Å². The van der Waals surface area contributed by atoms with Gasteiger partial charge in [-0.1, -0.05) is 19.2 Å². The van der Waals surface area contributed by atoms with Crippen LogP contribution < -0.4 is 15.2 Å². The SMILES string of the molecule is BCCCCC(N)(CCN1CCc2cc(OC)c(OC)cc2C1)C(=O)O. The number of unbranched alkanes of at least 4 members (excludes halogenated alkanes) is 1. The maximum Gasteiger partial charge on any atom is 0.323 e. The van der Waals surface area contributed by atoms with Crippen LogP contribution in [0.15, 0.2) is 12.1 Å². The lowest BCUT2D eigenvalue weighted by atomic mass is 9.87. The number of hydrogen-bond acceptors (Lipinski definition) is 5. The molecule has 2 rings (SSSR count). The number of methoxy groups -OCH3 is 2. The maximum absolute atomic E-state index is 11.7. The van der Waals surface area contributed by atoms with E-state index in [0.29, 0.717) is 19.4 Å². The number of hydrogen-bond donors (Lipinski definition) is 2.